The molecule has 0 amide bonds. The van der Waals surface area contributed by atoms with Crippen molar-refractivity contribution in [2.24, 2.45) is 0 Å². The van der Waals surface area contributed by atoms with Crippen LogP contribution < -0.4 is 15.3 Å². The first-order valence-electron chi connectivity index (χ1n) is 12.5. The Bertz CT molecular complexity index is 1420. The Morgan fingerprint density at radius 1 is 0.857 bits per heavy atom. The van der Waals surface area contributed by atoms with Gasteiger partial charge in [-0.05, 0) is 12.1 Å². The largest absolute Gasteiger partial charge is 0.549 e. The third-order valence-electron chi connectivity index (χ3n) is 6.01. The zero-order valence-corrected chi connectivity index (χ0v) is 22.1. The van der Waals surface area contributed by atoms with E-state index in [1.165, 1.54) is 12.1 Å². The quantitative estimate of drug-likeness (QED) is 0.0865. The smallest absolute Gasteiger partial charge is 0.317 e. The summed E-state index contributed by atoms with van der Waals surface area (Å²) in [5.41, 5.74) is 0.289. The minimum atomic E-state index is -1.59. The number of carbonyl (C=O) groups is 4. The average Bonchev–Trinajstić information content (AvgIpc) is 3.25. The number of hydrogen-bond donors (Lipinski definition) is 1. The summed E-state index contributed by atoms with van der Waals surface area (Å²) in [6.45, 7) is -3.76. The third kappa shape index (κ3) is 9.20. The Morgan fingerprint density at radius 3 is 2.12 bits per heavy atom. The van der Waals surface area contributed by atoms with Crippen LogP contribution in [0.5, 0.6) is 0 Å². The van der Waals surface area contributed by atoms with Crippen molar-refractivity contribution < 1.29 is 58.4 Å². The number of carbonyl (C=O) groups excluding carboxylic acids is 3. The minimum absolute atomic E-state index is 0.0161. The Kier molecular flexibility index (Phi) is 11.3. The lowest BCUT2D eigenvalue weighted by molar-refractivity contribution is -0.386. The van der Waals surface area contributed by atoms with Gasteiger partial charge >= 0.3 is 5.97 Å². The van der Waals surface area contributed by atoms with E-state index < -0.39 is 73.3 Å². The maximum Gasteiger partial charge on any atom is 0.317 e. The van der Waals surface area contributed by atoms with E-state index >= 15 is 0 Å². The highest BCUT2D eigenvalue weighted by atomic mass is 16.6. The van der Waals surface area contributed by atoms with Gasteiger partial charge in [0, 0.05) is 43.5 Å². The van der Waals surface area contributed by atoms with Crippen LogP contribution >= 0.6 is 0 Å². The van der Waals surface area contributed by atoms with Gasteiger partial charge in [0.2, 0.25) is 0 Å². The van der Waals surface area contributed by atoms with E-state index in [-0.39, 0.29) is 37.5 Å². The van der Waals surface area contributed by atoms with Gasteiger partial charge < -0.3 is 48.7 Å². The second kappa shape index (κ2) is 14.8. The molecule has 0 aliphatic carbocycles. The number of aliphatic carboxylic acids is 4. The molecule has 1 heterocycles. The molecular weight excluding hydrogens is 562 g/mol. The number of nitro groups is 1. The van der Waals surface area contributed by atoms with Crippen LogP contribution in [0.15, 0.2) is 40.8 Å². The second-order valence-corrected chi connectivity index (χ2v) is 9.12. The molecule has 0 radical (unpaired) electrons. The van der Waals surface area contributed by atoms with Crippen LogP contribution in [0.3, 0.4) is 0 Å². The first-order chi connectivity index (χ1) is 19.9. The number of ether oxygens (including phenoxy) is 2. The van der Waals surface area contributed by atoms with Gasteiger partial charge in [-0.3, -0.25) is 24.7 Å². The van der Waals surface area contributed by atoms with Gasteiger partial charge in [-0.2, -0.15) is 0 Å². The Morgan fingerprint density at radius 2 is 1.50 bits per heavy atom. The van der Waals surface area contributed by atoms with Gasteiger partial charge in [-0.1, -0.05) is 18.2 Å². The number of fused-ring (bicyclic) bond motifs is 3. The highest BCUT2D eigenvalue weighted by molar-refractivity contribution is 6.05. The normalized spacial score (nSPS) is 12.2. The highest BCUT2D eigenvalue weighted by Gasteiger charge is 2.28. The maximum absolute atomic E-state index is 12.0. The summed E-state index contributed by atoms with van der Waals surface area (Å²) in [5.74, 6) is -5.90. The molecule has 3 rings (SSSR count). The van der Waals surface area contributed by atoms with Crippen molar-refractivity contribution in [1.29, 1.82) is 0 Å². The molecule has 226 valence electrons. The van der Waals surface area contributed by atoms with E-state index in [0.29, 0.717) is 16.4 Å². The van der Waals surface area contributed by atoms with E-state index in [1.807, 2.05) is 0 Å². The zero-order valence-electron chi connectivity index (χ0n) is 22.1. The van der Waals surface area contributed by atoms with E-state index in [0.717, 1.165) is 9.80 Å². The molecule has 16 heteroatoms. The third-order valence-corrected chi connectivity index (χ3v) is 6.01. The molecule has 0 saturated carbocycles. The first-order valence-corrected chi connectivity index (χ1v) is 12.5. The van der Waals surface area contributed by atoms with Gasteiger partial charge in [0.25, 0.3) is 5.69 Å². The number of carboxylic acid groups (broad SMARTS) is 4. The molecule has 1 unspecified atom stereocenters. The monoisotopic (exact) mass is 588 g/mol. The Hall–Kier alpha value is -4.64. The molecule has 1 atom stereocenters. The molecule has 0 bridgehead atoms. The Labute approximate surface area is 237 Å². The van der Waals surface area contributed by atoms with Crippen molar-refractivity contribution in [3.8, 4) is 0 Å². The van der Waals surface area contributed by atoms with Gasteiger partial charge in [-0.25, -0.2) is 0 Å². The first kappa shape index (κ1) is 31.9. The van der Waals surface area contributed by atoms with Crippen molar-refractivity contribution in [1.82, 2.24) is 9.80 Å². The van der Waals surface area contributed by atoms with Crippen LogP contribution in [0.2, 0.25) is 0 Å². The molecule has 0 saturated heterocycles. The van der Waals surface area contributed by atoms with Gasteiger partial charge in [0.15, 0.2) is 0 Å². The van der Waals surface area contributed by atoms with E-state index in [2.05, 4.69) is 0 Å². The predicted octanol–water partition coefficient (Wildman–Crippen LogP) is -2.49. The highest BCUT2D eigenvalue weighted by Crippen LogP contribution is 2.37. The summed E-state index contributed by atoms with van der Waals surface area (Å²) < 4.78 is 17.0. The molecule has 1 N–H and O–H groups in total. The fraction of sp³-hybridized carbons (Fsp3) is 0.385. The predicted molar refractivity (Wildman–Crippen MR) is 135 cm³/mol. The summed E-state index contributed by atoms with van der Waals surface area (Å²) in [5, 5.41) is 55.4. The van der Waals surface area contributed by atoms with Gasteiger partial charge in [0.05, 0.1) is 60.8 Å². The van der Waals surface area contributed by atoms with Crippen LogP contribution in [0.25, 0.3) is 21.9 Å². The lowest BCUT2D eigenvalue weighted by atomic mass is 10.0. The average molecular weight is 589 g/mol. The number of para-hydroxylation sites is 1. The van der Waals surface area contributed by atoms with E-state index in [9.17, 15) is 44.6 Å². The van der Waals surface area contributed by atoms with Crippen LogP contribution in [0.1, 0.15) is 11.7 Å². The number of hydrogen-bond acceptors (Lipinski definition) is 14. The summed E-state index contributed by atoms with van der Waals surface area (Å²) in [6.07, 6.45) is -1.23. The van der Waals surface area contributed by atoms with Crippen LogP contribution in [-0.2, 0) is 28.7 Å². The Balaban J connectivity index is 1.84. The van der Waals surface area contributed by atoms with Crippen molar-refractivity contribution >= 4 is 51.5 Å². The summed E-state index contributed by atoms with van der Waals surface area (Å²) >= 11 is 0. The number of nitrogens with zero attached hydrogens (tertiary/aromatic N) is 3. The molecule has 3 aromatic rings. The fourth-order valence-corrected chi connectivity index (χ4v) is 4.35. The van der Waals surface area contributed by atoms with Gasteiger partial charge in [0.1, 0.15) is 17.3 Å². The van der Waals surface area contributed by atoms with Crippen molar-refractivity contribution in [3.63, 3.8) is 0 Å². The second-order valence-electron chi connectivity index (χ2n) is 9.12. The topological polar surface area (TPSA) is 239 Å². The molecule has 1 aromatic heterocycles. The van der Waals surface area contributed by atoms with Crippen molar-refractivity contribution in [2.45, 2.75) is 6.10 Å². The number of nitro benzene ring substituents is 1. The molecule has 0 spiro atoms. The lowest BCUT2D eigenvalue weighted by Crippen LogP contribution is -2.46. The molecule has 16 nitrogen and oxygen atoms in total. The fourth-order valence-electron chi connectivity index (χ4n) is 4.35. The summed E-state index contributed by atoms with van der Waals surface area (Å²) in [4.78, 5) is 57.6. The zero-order chi connectivity index (χ0) is 30.8. The van der Waals surface area contributed by atoms with Crippen molar-refractivity contribution in [3.05, 3.63) is 52.1 Å². The molecule has 2 aromatic carbocycles. The number of carboxylic acids is 4. The van der Waals surface area contributed by atoms with Crippen LogP contribution in [0, 0.1) is 10.1 Å². The standard InChI is InChI=1S/C26H29N3O13/c30-23(31)12-27(13-24(32)33)5-6-40-7-8-41-22(11-28(14-25(34)35)15-26(36)37)18-9-17-16-3-1-2-4-20(16)42-21(17)10-19(18)29(38)39/h1-4,9-10,22H,5-8,11-15H2,(H,30,31)(H,32,33)(H,34,35)(H,36,37)/p-3. The number of rotatable bonds is 19. The number of furan rings is 1. The van der Waals surface area contributed by atoms with E-state index in [4.69, 9.17) is 19.0 Å². The SMILES string of the molecule is O=C([O-])CN(CCOCCOC(CN(CC(=O)[O-])CC(=O)[O-])c1cc2c(cc1[N+](=O)[O-])oc1ccccc12)CC(=O)O. The molecular formula is C26H26N3O13-3. The summed E-state index contributed by atoms with van der Waals surface area (Å²) in [6, 6.07) is 9.56. The number of benzene rings is 2. The van der Waals surface area contributed by atoms with Crippen LogP contribution in [0.4, 0.5) is 5.69 Å². The van der Waals surface area contributed by atoms with Crippen molar-refractivity contribution in [2.75, 3.05) is 59.1 Å². The summed E-state index contributed by atoms with van der Waals surface area (Å²) in [7, 11) is 0. The molecule has 0 aliphatic rings. The molecule has 0 aliphatic heterocycles. The minimum Gasteiger partial charge on any atom is -0.549 e. The molecule has 0 fully saturated rings. The van der Waals surface area contributed by atoms with Gasteiger partial charge in [-0.15, -0.1) is 0 Å². The maximum atomic E-state index is 12.0. The van der Waals surface area contributed by atoms with Crippen LogP contribution in [-0.4, -0.2) is 103 Å². The molecule has 42 heavy (non-hydrogen) atoms. The lowest BCUT2D eigenvalue weighted by Gasteiger charge is -2.28. The van der Waals surface area contributed by atoms with E-state index in [1.54, 1.807) is 24.3 Å².